The molecule has 92 valence electrons. The van der Waals surface area contributed by atoms with Gasteiger partial charge in [0.15, 0.2) is 0 Å². The molecule has 0 radical (unpaired) electrons. The van der Waals surface area contributed by atoms with Crippen LogP contribution < -0.4 is 0 Å². The Morgan fingerprint density at radius 1 is 0.944 bits per heavy atom. The van der Waals surface area contributed by atoms with Crippen LogP contribution in [0, 0.1) is 26.2 Å². The molecule has 2 aromatic rings. The van der Waals surface area contributed by atoms with Gasteiger partial charge in [-0.3, -0.25) is 0 Å². The van der Waals surface area contributed by atoms with Gasteiger partial charge < -0.3 is 5.41 Å². The monoisotopic (exact) mass is 237 g/mol. The summed E-state index contributed by atoms with van der Waals surface area (Å²) in [6.07, 6.45) is 0.710. The second-order valence-electron chi connectivity index (χ2n) is 4.90. The Labute approximate surface area is 109 Å². The van der Waals surface area contributed by atoms with E-state index in [1.54, 1.807) is 0 Å². The third-order valence-electron chi connectivity index (χ3n) is 3.32. The Morgan fingerprint density at radius 3 is 2.06 bits per heavy atom. The Kier molecular flexibility index (Phi) is 3.61. The van der Waals surface area contributed by atoms with Crippen molar-refractivity contribution in [3.63, 3.8) is 0 Å². The molecule has 0 spiro atoms. The largest absolute Gasteiger partial charge is 0.304 e. The molecule has 0 fully saturated rings. The van der Waals surface area contributed by atoms with Gasteiger partial charge in [0.05, 0.1) is 0 Å². The van der Waals surface area contributed by atoms with E-state index in [0.717, 1.165) is 5.56 Å². The first kappa shape index (κ1) is 12.6. The summed E-state index contributed by atoms with van der Waals surface area (Å²) in [5.41, 5.74) is 6.85. The molecular weight excluding hydrogens is 218 g/mol. The summed E-state index contributed by atoms with van der Waals surface area (Å²) in [5, 5.41) is 8.21. The fourth-order valence-electron chi connectivity index (χ4n) is 2.41. The topological polar surface area (TPSA) is 23.9 Å². The molecule has 0 unspecified atom stereocenters. The normalized spacial score (nSPS) is 10.4. The number of rotatable bonds is 3. The van der Waals surface area contributed by atoms with E-state index in [2.05, 4.69) is 32.9 Å². The molecule has 1 heteroatoms. The lowest BCUT2D eigenvalue weighted by Crippen LogP contribution is -2.06. The molecule has 0 aromatic heterocycles. The Bertz CT molecular complexity index is 544. The number of aryl methyl sites for hydroxylation is 3. The molecule has 0 bridgehead atoms. The highest BCUT2D eigenvalue weighted by atomic mass is 14.4. The van der Waals surface area contributed by atoms with Gasteiger partial charge in [-0.15, -0.1) is 0 Å². The Balaban J connectivity index is 2.28. The molecule has 0 saturated carbocycles. The Morgan fingerprint density at radius 2 is 1.50 bits per heavy atom. The third-order valence-corrected chi connectivity index (χ3v) is 3.32. The van der Waals surface area contributed by atoms with Crippen LogP contribution >= 0.6 is 0 Å². The van der Waals surface area contributed by atoms with Crippen LogP contribution in [0.3, 0.4) is 0 Å². The van der Waals surface area contributed by atoms with Gasteiger partial charge in [0.1, 0.15) is 0 Å². The standard InChI is InChI=1S/C17H19N/c1-12-9-13(2)16(14(3)10-12)11-17(18)15-7-5-4-6-8-15/h4-10,18H,11H2,1-3H3. The minimum Gasteiger partial charge on any atom is -0.304 e. The molecule has 18 heavy (non-hydrogen) atoms. The summed E-state index contributed by atoms with van der Waals surface area (Å²) in [4.78, 5) is 0. The fourth-order valence-corrected chi connectivity index (χ4v) is 2.41. The van der Waals surface area contributed by atoms with Crippen molar-refractivity contribution in [3.05, 3.63) is 70.3 Å². The van der Waals surface area contributed by atoms with Crippen molar-refractivity contribution in [3.8, 4) is 0 Å². The number of hydrogen-bond acceptors (Lipinski definition) is 1. The number of nitrogens with one attached hydrogen (secondary N) is 1. The van der Waals surface area contributed by atoms with Crippen LogP contribution in [0.4, 0.5) is 0 Å². The molecule has 0 saturated heterocycles. The first-order valence-electron chi connectivity index (χ1n) is 6.27. The fraction of sp³-hybridized carbons (Fsp3) is 0.235. The van der Waals surface area contributed by atoms with Crippen LogP contribution in [-0.2, 0) is 6.42 Å². The van der Waals surface area contributed by atoms with Gasteiger partial charge in [-0.05, 0) is 43.0 Å². The summed E-state index contributed by atoms with van der Waals surface area (Å²) in [5.74, 6) is 0. The third kappa shape index (κ3) is 2.67. The zero-order chi connectivity index (χ0) is 13.1. The van der Waals surface area contributed by atoms with E-state index in [0.29, 0.717) is 12.1 Å². The van der Waals surface area contributed by atoms with Crippen molar-refractivity contribution in [2.24, 2.45) is 0 Å². The van der Waals surface area contributed by atoms with E-state index in [4.69, 9.17) is 5.41 Å². The molecule has 2 aromatic carbocycles. The zero-order valence-electron chi connectivity index (χ0n) is 11.2. The second kappa shape index (κ2) is 5.18. The van der Waals surface area contributed by atoms with Gasteiger partial charge in [-0.1, -0.05) is 48.0 Å². The predicted molar refractivity (Wildman–Crippen MR) is 77.6 cm³/mol. The first-order chi connectivity index (χ1) is 8.58. The molecule has 0 heterocycles. The maximum atomic E-state index is 8.21. The van der Waals surface area contributed by atoms with Crippen molar-refractivity contribution in [2.45, 2.75) is 27.2 Å². The predicted octanol–water partition coefficient (Wildman–Crippen LogP) is 4.22. The molecule has 0 amide bonds. The van der Waals surface area contributed by atoms with Gasteiger partial charge in [0.25, 0.3) is 0 Å². The van der Waals surface area contributed by atoms with Crippen LogP contribution in [0.1, 0.15) is 27.8 Å². The molecule has 2 rings (SSSR count). The second-order valence-corrected chi connectivity index (χ2v) is 4.90. The van der Waals surface area contributed by atoms with Crippen molar-refractivity contribution in [1.29, 1.82) is 5.41 Å². The lowest BCUT2D eigenvalue weighted by molar-refractivity contribution is 1.17. The maximum absolute atomic E-state index is 8.21. The van der Waals surface area contributed by atoms with Crippen LogP contribution in [0.2, 0.25) is 0 Å². The highest BCUT2D eigenvalue weighted by Crippen LogP contribution is 2.18. The van der Waals surface area contributed by atoms with Crippen LogP contribution in [0.25, 0.3) is 0 Å². The van der Waals surface area contributed by atoms with E-state index in [1.807, 2.05) is 30.3 Å². The molecule has 0 atom stereocenters. The lowest BCUT2D eigenvalue weighted by atomic mass is 9.93. The van der Waals surface area contributed by atoms with E-state index < -0.39 is 0 Å². The van der Waals surface area contributed by atoms with Crippen molar-refractivity contribution >= 4 is 5.71 Å². The lowest BCUT2D eigenvalue weighted by Gasteiger charge is -2.12. The van der Waals surface area contributed by atoms with Crippen LogP contribution in [0.5, 0.6) is 0 Å². The SMILES string of the molecule is Cc1cc(C)c(CC(=N)c2ccccc2)c(C)c1. The smallest absolute Gasteiger partial charge is 0.0430 e. The summed E-state index contributed by atoms with van der Waals surface area (Å²) in [6.45, 7) is 6.38. The quantitative estimate of drug-likeness (QED) is 0.773. The highest BCUT2D eigenvalue weighted by molar-refractivity contribution is 5.99. The van der Waals surface area contributed by atoms with E-state index >= 15 is 0 Å². The van der Waals surface area contributed by atoms with Gasteiger partial charge in [0.2, 0.25) is 0 Å². The van der Waals surface area contributed by atoms with Crippen molar-refractivity contribution < 1.29 is 0 Å². The number of benzene rings is 2. The molecule has 1 N–H and O–H groups in total. The molecule has 1 nitrogen and oxygen atoms in total. The van der Waals surface area contributed by atoms with E-state index in [1.165, 1.54) is 22.3 Å². The minimum absolute atomic E-state index is 0.686. The van der Waals surface area contributed by atoms with Crippen LogP contribution in [0.15, 0.2) is 42.5 Å². The average Bonchev–Trinajstić information content (AvgIpc) is 2.34. The van der Waals surface area contributed by atoms with Crippen LogP contribution in [-0.4, -0.2) is 5.71 Å². The minimum atomic E-state index is 0.686. The zero-order valence-corrected chi connectivity index (χ0v) is 11.2. The summed E-state index contributed by atoms with van der Waals surface area (Å²) >= 11 is 0. The van der Waals surface area contributed by atoms with Gasteiger partial charge in [0, 0.05) is 12.1 Å². The average molecular weight is 237 g/mol. The summed E-state index contributed by atoms with van der Waals surface area (Å²) in [6, 6.07) is 14.3. The molecule has 0 aliphatic heterocycles. The summed E-state index contributed by atoms with van der Waals surface area (Å²) in [7, 11) is 0. The van der Waals surface area contributed by atoms with Gasteiger partial charge in [-0.2, -0.15) is 0 Å². The van der Waals surface area contributed by atoms with Crippen molar-refractivity contribution in [1.82, 2.24) is 0 Å². The number of hydrogen-bond donors (Lipinski definition) is 1. The summed E-state index contributed by atoms with van der Waals surface area (Å²) < 4.78 is 0. The highest BCUT2D eigenvalue weighted by Gasteiger charge is 2.08. The molecule has 0 aliphatic rings. The Hall–Kier alpha value is -1.89. The first-order valence-corrected chi connectivity index (χ1v) is 6.27. The van der Waals surface area contributed by atoms with Gasteiger partial charge in [-0.25, -0.2) is 0 Å². The van der Waals surface area contributed by atoms with E-state index in [9.17, 15) is 0 Å². The van der Waals surface area contributed by atoms with Gasteiger partial charge >= 0.3 is 0 Å². The molecule has 0 aliphatic carbocycles. The molecular formula is C17H19N. The van der Waals surface area contributed by atoms with Crippen molar-refractivity contribution in [2.75, 3.05) is 0 Å². The maximum Gasteiger partial charge on any atom is 0.0430 e. The van der Waals surface area contributed by atoms with E-state index in [-0.39, 0.29) is 0 Å².